The van der Waals surface area contributed by atoms with E-state index in [9.17, 15) is 9.59 Å². The van der Waals surface area contributed by atoms with E-state index < -0.39 is 5.91 Å². The Balaban J connectivity index is 1.69. The van der Waals surface area contributed by atoms with Crippen molar-refractivity contribution in [1.29, 1.82) is 0 Å². The summed E-state index contributed by atoms with van der Waals surface area (Å²) in [6.45, 7) is 0. The van der Waals surface area contributed by atoms with Crippen molar-refractivity contribution in [3.05, 3.63) is 84.3 Å². The molecule has 3 aromatic rings. The van der Waals surface area contributed by atoms with E-state index in [0.29, 0.717) is 16.9 Å². The fourth-order valence-corrected chi connectivity index (χ4v) is 2.44. The molecule has 0 aliphatic heterocycles. The number of hydrogen-bond acceptors (Lipinski definition) is 4. The van der Waals surface area contributed by atoms with Crippen LogP contribution in [0.2, 0.25) is 0 Å². The highest BCUT2D eigenvalue weighted by molar-refractivity contribution is 7.80. The molecule has 2 amide bonds. The van der Waals surface area contributed by atoms with Crippen molar-refractivity contribution in [1.82, 2.24) is 5.32 Å². The molecule has 26 heavy (non-hydrogen) atoms. The summed E-state index contributed by atoms with van der Waals surface area (Å²) in [6.07, 6.45) is 1.40. The van der Waals surface area contributed by atoms with Gasteiger partial charge >= 0.3 is 0 Å². The van der Waals surface area contributed by atoms with E-state index in [1.807, 2.05) is 18.2 Å². The third-order valence-electron chi connectivity index (χ3n) is 3.42. The van der Waals surface area contributed by atoms with Crippen LogP contribution >= 0.6 is 12.2 Å². The van der Waals surface area contributed by atoms with Gasteiger partial charge in [-0.1, -0.05) is 30.3 Å². The predicted octanol–water partition coefficient (Wildman–Crippen LogP) is 3.66. The molecule has 0 fully saturated rings. The highest BCUT2D eigenvalue weighted by Gasteiger charge is 2.14. The van der Waals surface area contributed by atoms with Gasteiger partial charge in [0.1, 0.15) is 0 Å². The molecule has 0 unspecified atom stereocenters. The third-order valence-corrected chi connectivity index (χ3v) is 3.63. The smallest absolute Gasteiger partial charge is 0.293 e. The van der Waals surface area contributed by atoms with Crippen LogP contribution in [-0.4, -0.2) is 16.9 Å². The molecular formula is C19H15N3O3S. The lowest BCUT2D eigenvalue weighted by Gasteiger charge is -2.13. The summed E-state index contributed by atoms with van der Waals surface area (Å²) in [6, 6.07) is 19.1. The molecule has 130 valence electrons. The van der Waals surface area contributed by atoms with Crippen molar-refractivity contribution >= 4 is 40.5 Å². The third kappa shape index (κ3) is 4.34. The zero-order valence-electron chi connectivity index (χ0n) is 13.6. The predicted molar refractivity (Wildman–Crippen MR) is 103 cm³/mol. The van der Waals surface area contributed by atoms with E-state index in [4.69, 9.17) is 16.6 Å². The Morgan fingerprint density at radius 1 is 0.808 bits per heavy atom. The summed E-state index contributed by atoms with van der Waals surface area (Å²) < 4.78 is 5.01. The average Bonchev–Trinajstić information content (AvgIpc) is 3.17. The molecule has 0 radical (unpaired) electrons. The van der Waals surface area contributed by atoms with Crippen LogP contribution in [0.15, 0.2) is 77.4 Å². The fourth-order valence-electron chi connectivity index (χ4n) is 2.24. The molecule has 2 aromatic carbocycles. The quantitative estimate of drug-likeness (QED) is 0.615. The van der Waals surface area contributed by atoms with Gasteiger partial charge in [0, 0.05) is 5.69 Å². The molecule has 3 N–H and O–H groups in total. The second-order valence-electron chi connectivity index (χ2n) is 5.25. The molecule has 0 aliphatic rings. The summed E-state index contributed by atoms with van der Waals surface area (Å²) in [4.78, 5) is 24.5. The number of carbonyl (C=O) groups is 2. The second-order valence-corrected chi connectivity index (χ2v) is 5.66. The van der Waals surface area contributed by atoms with Crippen LogP contribution in [-0.2, 0) is 0 Å². The van der Waals surface area contributed by atoms with Gasteiger partial charge < -0.3 is 15.1 Å². The van der Waals surface area contributed by atoms with Crippen molar-refractivity contribution in [2.24, 2.45) is 0 Å². The standard InChI is InChI=1S/C19H15N3O3S/c23-17(20-13-7-2-1-3-8-13)14-9-4-5-10-15(14)21-19(26)22-18(24)16-11-6-12-25-16/h1-12H,(H,20,23)(H2,21,22,24,26). The number of hydrogen-bond donors (Lipinski definition) is 3. The zero-order chi connectivity index (χ0) is 18.4. The summed E-state index contributed by atoms with van der Waals surface area (Å²) in [5.41, 5.74) is 1.55. The Morgan fingerprint density at radius 3 is 2.27 bits per heavy atom. The van der Waals surface area contributed by atoms with Gasteiger partial charge in [0.2, 0.25) is 0 Å². The number of benzene rings is 2. The molecule has 7 heteroatoms. The molecule has 0 atom stereocenters. The molecule has 0 saturated carbocycles. The van der Waals surface area contributed by atoms with Crippen LogP contribution in [0.1, 0.15) is 20.9 Å². The van der Waals surface area contributed by atoms with Gasteiger partial charge in [-0.25, -0.2) is 0 Å². The zero-order valence-corrected chi connectivity index (χ0v) is 14.4. The average molecular weight is 365 g/mol. The lowest BCUT2D eigenvalue weighted by molar-refractivity contribution is 0.0950. The topological polar surface area (TPSA) is 83.4 Å². The first-order valence-electron chi connectivity index (χ1n) is 7.75. The summed E-state index contributed by atoms with van der Waals surface area (Å²) in [5.74, 6) is -0.623. The highest BCUT2D eigenvalue weighted by atomic mass is 32.1. The van der Waals surface area contributed by atoms with E-state index in [0.717, 1.165) is 0 Å². The van der Waals surface area contributed by atoms with E-state index >= 15 is 0 Å². The monoisotopic (exact) mass is 365 g/mol. The van der Waals surface area contributed by atoms with Crippen LogP contribution in [0.3, 0.4) is 0 Å². The minimum atomic E-state index is -0.473. The number of amides is 2. The number of thiocarbonyl (C=S) groups is 1. The maximum absolute atomic E-state index is 12.5. The van der Waals surface area contributed by atoms with Crippen LogP contribution in [0.25, 0.3) is 0 Å². The lowest BCUT2D eigenvalue weighted by Crippen LogP contribution is -2.34. The SMILES string of the molecule is O=C(NC(=S)Nc1ccccc1C(=O)Nc1ccccc1)c1ccco1. The summed E-state index contributed by atoms with van der Waals surface area (Å²) in [5, 5.41) is 8.24. The van der Waals surface area contributed by atoms with Crippen LogP contribution < -0.4 is 16.0 Å². The van der Waals surface area contributed by atoms with Crippen molar-refractivity contribution < 1.29 is 14.0 Å². The number of carbonyl (C=O) groups excluding carboxylic acids is 2. The molecule has 0 spiro atoms. The first-order chi connectivity index (χ1) is 12.6. The number of rotatable bonds is 4. The number of furan rings is 1. The minimum Gasteiger partial charge on any atom is -0.459 e. The summed E-state index contributed by atoms with van der Waals surface area (Å²) >= 11 is 5.15. The molecule has 0 bridgehead atoms. The first-order valence-corrected chi connectivity index (χ1v) is 8.15. The van der Waals surface area contributed by atoms with Gasteiger partial charge in [-0.15, -0.1) is 0 Å². The molecule has 3 rings (SSSR count). The molecule has 1 aromatic heterocycles. The lowest BCUT2D eigenvalue weighted by atomic mass is 10.1. The van der Waals surface area contributed by atoms with E-state index in [2.05, 4.69) is 16.0 Å². The van der Waals surface area contributed by atoms with Crippen LogP contribution in [0, 0.1) is 0 Å². The summed E-state index contributed by atoms with van der Waals surface area (Å²) in [7, 11) is 0. The first kappa shape index (κ1) is 17.4. The number of para-hydroxylation sites is 2. The molecule has 1 heterocycles. The van der Waals surface area contributed by atoms with Gasteiger partial charge in [-0.3, -0.25) is 14.9 Å². The maximum Gasteiger partial charge on any atom is 0.293 e. The van der Waals surface area contributed by atoms with E-state index in [-0.39, 0.29) is 16.8 Å². The van der Waals surface area contributed by atoms with Crippen molar-refractivity contribution in [2.45, 2.75) is 0 Å². The number of nitrogens with one attached hydrogen (secondary N) is 3. The number of anilines is 2. The van der Waals surface area contributed by atoms with Crippen LogP contribution in [0.5, 0.6) is 0 Å². The highest BCUT2D eigenvalue weighted by Crippen LogP contribution is 2.17. The Bertz CT molecular complexity index is 924. The van der Waals surface area contributed by atoms with Crippen molar-refractivity contribution in [2.75, 3.05) is 10.6 Å². The second kappa shape index (κ2) is 8.09. The molecule has 0 saturated heterocycles. The molecule has 0 aliphatic carbocycles. The minimum absolute atomic E-state index is 0.0614. The van der Waals surface area contributed by atoms with Crippen molar-refractivity contribution in [3.63, 3.8) is 0 Å². The Hall–Kier alpha value is -3.45. The molecular weight excluding hydrogens is 350 g/mol. The Labute approximate surface area is 155 Å². The maximum atomic E-state index is 12.5. The van der Waals surface area contributed by atoms with E-state index in [1.54, 1.807) is 42.5 Å². The largest absolute Gasteiger partial charge is 0.459 e. The van der Waals surface area contributed by atoms with Crippen molar-refractivity contribution in [3.8, 4) is 0 Å². The molecule has 6 nitrogen and oxygen atoms in total. The van der Waals surface area contributed by atoms with Gasteiger partial charge in [0.15, 0.2) is 10.9 Å². The van der Waals surface area contributed by atoms with Crippen LogP contribution in [0.4, 0.5) is 11.4 Å². The Morgan fingerprint density at radius 2 is 1.54 bits per heavy atom. The van der Waals surface area contributed by atoms with Gasteiger partial charge in [0.25, 0.3) is 11.8 Å². The van der Waals surface area contributed by atoms with Gasteiger partial charge in [-0.2, -0.15) is 0 Å². The van der Waals surface area contributed by atoms with Gasteiger partial charge in [0.05, 0.1) is 17.5 Å². The normalized spacial score (nSPS) is 10.0. The Kier molecular flexibility index (Phi) is 5.40. The van der Waals surface area contributed by atoms with Gasteiger partial charge in [-0.05, 0) is 48.6 Å². The fraction of sp³-hybridized carbons (Fsp3) is 0. The van der Waals surface area contributed by atoms with E-state index in [1.165, 1.54) is 12.3 Å².